The van der Waals surface area contributed by atoms with Crippen LogP contribution >= 0.6 is 0 Å². The van der Waals surface area contributed by atoms with Crippen molar-refractivity contribution in [3.63, 3.8) is 0 Å². The summed E-state index contributed by atoms with van der Waals surface area (Å²) < 4.78 is 14.3. The maximum absolute atomic E-state index is 14.3. The molecule has 152 valence electrons. The Hall–Kier alpha value is -3.49. The van der Waals surface area contributed by atoms with Crippen molar-refractivity contribution < 1.29 is 14.5 Å². The zero-order valence-corrected chi connectivity index (χ0v) is 17.0. The number of carbonyl (C=O) groups is 1. The fraction of sp³-hybridized carbons (Fsp3) is 0.200. The van der Waals surface area contributed by atoms with Crippen LogP contribution in [0.5, 0.6) is 0 Å². The molecule has 4 nitrogen and oxygen atoms in total. The molecule has 1 amide bonds. The van der Waals surface area contributed by atoms with Gasteiger partial charge in [-0.05, 0) is 19.1 Å². The van der Waals surface area contributed by atoms with E-state index < -0.39 is 5.82 Å². The number of anilines is 1. The number of halogens is 1. The Labute approximate surface area is 176 Å². The van der Waals surface area contributed by atoms with Crippen LogP contribution in [0.25, 0.3) is 0 Å². The van der Waals surface area contributed by atoms with E-state index in [9.17, 15) is 9.18 Å². The average Bonchev–Trinajstić information content (AvgIpc) is 2.77. The first-order chi connectivity index (χ1) is 14.6. The molecule has 5 heteroatoms. The zero-order chi connectivity index (χ0) is 21.3. The van der Waals surface area contributed by atoms with Crippen LogP contribution < -0.4 is 10.2 Å². The first kappa shape index (κ1) is 21.2. The first-order valence-corrected chi connectivity index (χ1v) is 9.97. The summed E-state index contributed by atoms with van der Waals surface area (Å²) in [4.78, 5) is 14.4. The van der Waals surface area contributed by atoms with Crippen molar-refractivity contribution in [1.29, 1.82) is 5.26 Å². The third kappa shape index (κ3) is 5.31. The van der Waals surface area contributed by atoms with E-state index >= 15 is 0 Å². The molecule has 30 heavy (non-hydrogen) atoms. The van der Waals surface area contributed by atoms with Crippen molar-refractivity contribution in [3.8, 4) is 6.07 Å². The number of nitrogens with zero attached hydrogens (tertiary/aromatic N) is 2. The van der Waals surface area contributed by atoms with Gasteiger partial charge in [-0.25, -0.2) is 4.39 Å². The Morgan fingerprint density at radius 3 is 2.30 bits per heavy atom. The third-order valence-electron chi connectivity index (χ3n) is 5.01. The predicted molar refractivity (Wildman–Crippen MR) is 115 cm³/mol. The summed E-state index contributed by atoms with van der Waals surface area (Å²) in [6.45, 7) is 2.33. The van der Waals surface area contributed by atoms with Crippen LogP contribution in [0.15, 0.2) is 78.9 Å². The summed E-state index contributed by atoms with van der Waals surface area (Å²) in [5, 5.41) is 10.9. The van der Waals surface area contributed by atoms with Crippen molar-refractivity contribution >= 4 is 11.6 Å². The molecule has 0 heterocycles. The lowest BCUT2D eigenvalue weighted by Crippen LogP contribution is -2.87. The Morgan fingerprint density at radius 2 is 1.63 bits per heavy atom. The molecule has 0 spiro atoms. The van der Waals surface area contributed by atoms with Gasteiger partial charge in [0.25, 0.3) is 5.91 Å². The summed E-state index contributed by atoms with van der Waals surface area (Å²) in [5.74, 6) is -0.703. The largest absolute Gasteiger partial charge is 0.328 e. The molecule has 1 atom stereocenters. The summed E-state index contributed by atoms with van der Waals surface area (Å²) in [6.07, 6.45) is 0.139. The van der Waals surface area contributed by atoms with Gasteiger partial charge in [-0.1, -0.05) is 72.3 Å². The molecule has 3 aromatic carbocycles. The second-order valence-electron chi connectivity index (χ2n) is 7.14. The maximum atomic E-state index is 14.3. The number of hydrogen-bond acceptors (Lipinski definition) is 2. The molecule has 3 aromatic rings. The van der Waals surface area contributed by atoms with Crippen LogP contribution in [0.2, 0.25) is 0 Å². The van der Waals surface area contributed by atoms with Gasteiger partial charge in [0.15, 0.2) is 6.54 Å². The minimum absolute atomic E-state index is 0.0609. The van der Waals surface area contributed by atoms with Gasteiger partial charge < -0.3 is 10.2 Å². The van der Waals surface area contributed by atoms with E-state index in [4.69, 9.17) is 5.26 Å². The number of para-hydroxylation sites is 1. The lowest BCUT2D eigenvalue weighted by molar-refractivity contribution is -0.676. The molecular formula is C25H25FN3O+. The van der Waals surface area contributed by atoms with Crippen molar-refractivity contribution in [1.82, 2.24) is 0 Å². The van der Waals surface area contributed by atoms with Crippen molar-refractivity contribution in [3.05, 3.63) is 101 Å². The smallest absolute Gasteiger partial charge is 0.282 e. The fourth-order valence-corrected chi connectivity index (χ4v) is 3.44. The average molecular weight is 402 g/mol. The number of benzene rings is 3. The molecule has 0 aliphatic rings. The Balaban J connectivity index is 1.82. The minimum Gasteiger partial charge on any atom is -0.328 e. The van der Waals surface area contributed by atoms with Gasteiger partial charge >= 0.3 is 0 Å². The number of quaternary nitrogens is 1. The van der Waals surface area contributed by atoms with Gasteiger partial charge in [-0.15, -0.1) is 0 Å². The number of amides is 1. The van der Waals surface area contributed by atoms with Crippen molar-refractivity contribution in [2.24, 2.45) is 0 Å². The Bertz CT molecular complexity index is 1010. The van der Waals surface area contributed by atoms with Crippen LogP contribution in [-0.2, 0) is 4.79 Å². The number of aryl methyl sites for hydroxylation is 1. The highest BCUT2D eigenvalue weighted by Crippen LogP contribution is 2.20. The van der Waals surface area contributed by atoms with E-state index in [2.05, 4.69) is 24.3 Å². The van der Waals surface area contributed by atoms with Gasteiger partial charge in [0.1, 0.15) is 11.9 Å². The molecule has 0 saturated carbocycles. The lowest BCUT2D eigenvalue weighted by Gasteiger charge is -2.23. The second-order valence-corrected chi connectivity index (χ2v) is 7.14. The van der Waals surface area contributed by atoms with Crippen LogP contribution in [0.1, 0.15) is 29.2 Å². The standard InChI is InChI=1S/C25H24FN3O/c1-19-12-14-21(15-13-19)25(20-8-3-2-4-9-20)28-18-24(30)29(17-7-16-27)23-11-6-5-10-22(23)26/h2-6,8-15,25,28H,7,17-18H2,1H3/p+1/t25-/m0/s1. The molecule has 0 fully saturated rings. The monoisotopic (exact) mass is 402 g/mol. The van der Waals surface area contributed by atoms with Crippen molar-refractivity contribution in [2.45, 2.75) is 19.4 Å². The van der Waals surface area contributed by atoms with E-state index in [0.717, 1.165) is 11.1 Å². The van der Waals surface area contributed by atoms with Gasteiger partial charge in [0.2, 0.25) is 0 Å². The molecule has 2 N–H and O–H groups in total. The van der Waals surface area contributed by atoms with Crippen LogP contribution in [-0.4, -0.2) is 19.0 Å². The highest BCUT2D eigenvalue weighted by molar-refractivity contribution is 5.94. The number of nitrogens with two attached hydrogens (primary N) is 1. The second kappa shape index (κ2) is 10.3. The fourth-order valence-electron chi connectivity index (χ4n) is 3.44. The summed E-state index contributed by atoms with van der Waals surface area (Å²) in [6, 6.07) is 26.4. The highest BCUT2D eigenvalue weighted by atomic mass is 19.1. The minimum atomic E-state index is -0.470. The number of nitriles is 1. The normalized spacial score (nSPS) is 11.5. The Kier molecular flexibility index (Phi) is 7.31. The molecule has 0 aliphatic heterocycles. The third-order valence-corrected chi connectivity index (χ3v) is 5.01. The molecule has 0 aliphatic carbocycles. The SMILES string of the molecule is Cc1ccc([C@@H]([NH2+]CC(=O)N(CCC#N)c2ccccc2F)c2ccccc2)cc1. The van der Waals surface area contributed by atoms with Crippen LogP contribution in [0.3, 0.4) is 0 Å². The molecule has 0 saturated heterocycles. The van der Waals surface area contributed by atoms with E-state index in [1.165, 1.54) is 16.5 Å². The molecule has 3 rings (SSSR count). The van der Waals surface area contributed by atoms with Gasteiger partial charge in [0.05, 0.1) is 18.2 Å². The molecule has 0 radical (unpaired) electrons. The van der Waals surface area contributed by atoms with Gasteiger partial charge in [-0.3, -0.25) is 4.79 Å². The van der Waals surface area contributed by atoms with E-state index in [-0.39, 0.29) is 37.1 Å². The van der Waals surface area contributed by atoms with Gasteiger partial charge in [0, 0.05) is 17.7 Å². The van der Waals surface area contributed by atoms with Crippen molar-refractivity contribution in [2.75, 3.05) is 18.0 Å². The Morgan fingerprint density at radius 1 is 1.00 bits per heavy atom. The van der Waals surface area contributed by atoms with Crippen LogP contribution in [0.4, 0.5) is 10.1 Å². The summed E-state index contributed by atoms with van der Waals surface area (Å²) >= 11 is 0. The predicted octanol–water partition coefficient (Wildman–Crippen LogP) is 3.73. The summed E-state index contributed by atoms with van der Waals surface area (Å²) in [5.41, 5.74) is 3.55. The van der Waals surface area contributed by atoms with E-state index in [1.54, 1.807) is 18.2 Å². The first-order valence-electron chi connectivity index (χ1n) is 9.97. The highest BCUT2D eigenvalue weighted by Gasteiger charge is 2.23. The van der Waals surface area contributed by atoms with E-state index in [1.807, 2.05) is 48.6 Å². The molecule has 0 unspecified atom stereocenters. The molecule has 0 bridgehead atoms. The molecular weight excluding hydrogens is 377 g/mol. The zero-order valence-electron chi connectivity index (χ0n) is 17.0. The maximum Gasteiger partial charge on any atom is 0.282 e. The van der Waals surface area contributed by atoms with Gasteiger partial charge in [-0.2, -0.15) is 5.26 Å². The van der Waals surface area contributed by atoms with E-state index in [0.29, 0.717) is 0 Å². The number of hydrogen-bond donors (Lipinski definition) is 1. The lowest BCUT2D eigenvalue weighted by atomic mass is 9.98. The number of rotatable bonds is 8. The quantitative estimate of drug-likeness (QED) is 0.624. The number of carbonyl (C=O) groups excluding carboxylic acids is 1. The molecule has 0 aromatic heterocycles. The van der Waals surface area contributed by atoms with Crippen LogP contribution in [0, 0.1) is 24.1 Å². The topological polar surface area (TPSA) is 60.7 Å². The summed E-state index contributed by atoms with van der Waals surface area (Å²) in [7, 11) is 0.